The third-order valence-corrected chi connectivity index (χ3v) is 8.19. The lowest BCUT2D eigenvalue weighted by molar-refractivity contribution is 0.190. The summed E-state index contributed by atoms with van der Waals surface area (Å²) in [4.78, 5) is 19.2. The van der Waals surface area contributed by atoms with E-state index in [9.17, 15) is 0 Å². The second-order valence-corrected chi connectivity index (χ2v) is 11.9. The zero-order chi connectivity index (χ0) is 28.6. The summed E-state index contributed by atoms with van der Waals surface area (Å²) < 4.78 is 6.21. The minimum atomic E-state index is 0.266. The number of hydrogen-bond donors (Lipinski definition) is 2. The quantitative estimate of drug-likeness (QED) is 0.361. The highest BCUT2D eigenvalue weighted by Gasteiger charge is 2.25. The van der Waals surface area contributed by atoms with Crippen molar-refractivity contribution in [1.29, 1.82) is 0 Å². The Morgan fingerprint density at radius 3 is 2.59 bits per heavy atom. The topological polar surface area (TPSA) is 78.4 Å². The van der Waals surface area contributed by atoms with E-state index in [0.717, 1.165) is 82.3 Å². The lowest BCUT2D eigenvalue weighted by Gasteiger charge is -2.37. The van der Waals surface area contributed by atoms with Crippen LogP contribution in [0.5, 0.6) is 5.75 Å². The Bertz CT molecular complexity index is 1260. The van der Waals surface area contributed by atoms with Crippen LogP contribution in [0.15, 0.2) is 48.9 Å². The molecule has 3 aromatic rings. The number of aryl methyl sites for hydroxylation is 2. The van der Waals surface area contributed by atoms with E-state index in [-0.39, 0.29) is 6.04 Å². The summed E-state index contributed by atoms with van der Waals surface area (Å²) in [6.07, 6.45) is 7.58. The van der Waals surface area contributed by atoms with Crippen LogP contribution < -0.4 is 20.3 Å². The fourth-order valence-electron chi connectivity index (χ4n) is 5.75. The molecule has 0 aromatic carbocycles. The van der Waals surface area contributed by atoms with E-state index in [1.807, 2.05) is 18.5 Å². The van der Waals surface area contributed by atoms with Crippen LogP contribution in [0.4, 0.5) is 5.69 Å². The number of nitrogens with zero attached hydrogens (tertiary/aromatic N) is 5. The molecule has 0 amide bonds. The summed E-state index contributed by atoms with van der Waals surface area (Å²) in [6, 6.07) is 11.1. The monoisotopic (exact) mass is 557 g/mol. The van der Waals surface area contributed by atoms with Crippen LogP contribution in [0, 0.1) is 0 Å². The minimum Gasteiger partial charge on any atom is -0.490 e. The number of anilines is 1. The maximum Gasteiger partial charge on any atom is 0.140 e. The number of aromatic nitrogens is 3. The van der Waals surface area contributed by atoms with Gasteiger partial charge >= 0.3 is 0 Å². The van der Waals surface area contributed by atoms with Crippen LogP contribution in [0.25, 0.3) is 0 Å². The van der Waals surface area contributed by atoms with Gasteiger partial charge in [-0.05, 0) is 66.1 Å². The van der Waals surface area contributed by atoms with Crippen molar-refractivity contribution >= 4 is 5.69 Å². The maximum atomic E-state index is 6.21. The Kier molecular flexibility index (Phi) is 10.2. The molecule has 2 N–H and O–H groups in total. The summed E-state index contributed by atoms with van der Waals surface area (Å²) in [6.45, 7) is 17.6. The molecule has 0 bridgehead atoms. The first kappa shape index (κ1) is 29.4. The van der Waals surface area contributed by atoms with Crippen molar-refractivity contribution in [3.05, 3.63) is 77.1 Å². The zero-order valence-corrected chi connectivity index (χ0v) is 25.3. The van der Waals surface area contributed by atoms with Crippen molar-refractivity contribution < 1.29 is 4.74 Å². The average Bonchev–Trinajstić information content (AvgIpc) is 3.01. The van der Waals surface area contributed by atoms with E-state index in [1.54, 1.807) is 0 Å². The van der Waals surface area contributed by atoms with Gasteiger partial charge in [0.05, 0.1) is 17.1 Å². The summed E-state index contributed by atoms with van der Waals surface area (Å²) in [5.41, 5.74) is 7.14. The van der Waals surface area contributed by atoms with Gasteiger partial charge in [-0.15, -0.1) is 0 Å². The standard InChI is InChI=1S/C33H47N7O/c1-24(2)29-21-27(9-11-36-29)30-23-40(17-14-37-30)31-20-26(22-38-33(31)25(3)4)7-8-28-32(6-5-10-35-28)41-19-18-39-15-12-34-13-16-39/h5-6,9-11,20-22,24-25,30,34,37H,7-8,12-19,23H2,1-4H3. The first-order chi connectivity index (χ1) is 20.0. The molecule has 0 saturated carbocycles. The molecule has 5 rings (SSSR count). The molecule has 1 atom stereocenters. The highest BCUT2D eigenvalue weighted by atomic mass is 16.5. The van der Waals surface area contributed by atoms with Crippen LogP contribution in [0.1, 0.15) is 73.8 Å². The largest absolute Gasteiger partial charge is 0.490 e. The summed E-state index contributed by atoms with van der Waals surface area (Å²) in [5, 5.41) is 7.14. The van der Waals surface area contributed by atoms with Crippen molar-refractivity contribution in [1.82, 2.24) is 30.5 Å². The Labute approximate surface area is 245 Å². The predicted molar refractivity (Wildman–Crippen MR) is 166 cm³/mol. The van der Waals surface area contributed by atoms with Crippen molar-refractivity contribution in [3.63, 3.8) is 0 Å². The van der Waals surface area contributed by atoms with Crippen LogP contribution in [-0.4, -0.2) is 78.8 Å². The highest BCUT2D eigenvalue weighted by molar-refractivity contribution is 5.54. The van der Waals surface area contributed by atoms with Gasteiger partial charge < -0.3 is 20.3 Å². The van der Waals surface area contributed by atoms with Crippen molar-refractivity contribution in [3.8, 4) is 5.75 Å². The fourth-order valence-corrected chi connectivity index (χ4v) is 5.75. The Balaban J connectivity index is 1.26. The first-order valence-electron chi connectivity index (χ1n) is 15.4. The third kappa shape index (κ3) is 7.82. The van der Waals surface area contributed by atoms with Gasteiger partial charge in [0, 0.05) is 82.7 Å². The highest BCUT2D eigenvalue weighted by Crippen LogP contribution is 2.31. The lowest BCUT2D eigenvalue weighted by Crippen LogP contribution is -2.46. The van der Waals surface area contributed by atoms with Crippen LogP contribution in [-0.2, 0) is 12.8 Å². The van der Waals surface area contributed by atoms with E-state index in [1.165, 1.54) is 22.5 Å². The number of ether oxygens (including phenoxy) is 1. The van der Waals surface area contributed by atoms with Crippen molar-refractivity contribution in [2.75, 3.05) is 63.9 Å². The second-order valence-electron chi connectivity index (χ2n) is 11.9. The third-order valence-electron chi connectivity index (χ3n) is 8.19. The van der Waals surface area contributed by atoms with Crippen molar-refractivity contribution in [2.24, 2.45) is 0 Å². The number of piperazine rings is 2. The molecule has 2 aliphatic rings. The molecule has 8 heteroatoms. The minimum absolute atomic E-state index is 0.266. The molecule has 2 aliphatic heterocycles. The molecule has 0 aliphatic carbocycles. The van der Waals surface area contributed by atoms with Gasteiger partial charge in [0.25, 0.3) is 0 Å². The van der Waals surface area contributed by atoms with E-state index >= 15 is 0 Å². The van der Waals surface area contributed by atoms with Gasteiger partial charge in [0.1, 0.15) is 12.4 Å². The zero-order valence-electron chi connectivity index (χ0n) is 25.3. The number of nitrogens with one attached hydrogen (secondary N) is 2. The lowest BCUT2D eigenvalue weighted by atomic mass is 9.99. The smallest absolute Gasteiger partial charge is 0.140 e. The van der Waals surface area contributed by atoms with Crippen LogP contribution in [0.2, 0.25) is 0 Å². The van der Waals surface area contributed by atoms with Gasteiger partial charge in [0.2, 0.25) is 0 Å². The molecule has 41 heavy (non-hydrogen) atoms. The summed E-state index contributed by atoms with van der Waals surface area (Å²) >= 11 is 0. The van der Waals surface area contributed by atoms with E-state index < -0.39 is 0 Å². The molecule has 3 aromatic heterocycles. The normalized spacial score (nSPS) is 18.3. The molecular weight excluding hydrogens is 510 g/mol. The van der Waals surface area contributed by atoms with Gasteiger partial charge in [-0.2, -0.15) is 0 Å². The second kappa shape index (κ2) is 14.2. The molecule has 5 heterocycles. The predicted octanol–water partition coefficient (Wildman–Crippen LogP) is 4.34. The van der Waals surface area contributed by atoms with Gasteiger partial charge in [0.15, 0.2) is 0 Å². The molecule has 2 fully saturated rings. The van der Waals surface area contributed by atoms with Crippen LogP contribution in [0.3, 0.4) is 0 Å². The maximum absolute atomic E-state index is 6.21. The van der Waals surface area contributed by atoms with E-state index in [4.69, 9.17) is 9.72 Å². The summed E-state index contributed by atoms with van der Waals surface area (Å²) in [5.74, 6) is 1.67. The van der Waals surface area contributed by atoms with Gasteiger partial charge in [-0.3, -0.25) is 19.9 Å². The van der Waals surface area contributed by atoms with Crippen LogP contribution >= 0.6 is 0 Å². The van der Waals surface area contributed by atoms with E-state index in [0.29, 0.717) is 18.4 Å². The summed E-state index contributed by atoms with van der Waals surface area (Å²) in [7, 11) is 0. The first-order valence-corrected chi connectivity index (χ1v) is 15.4. The molecule has 220 valence electrons. The molecule has 0 radical (unpaired) electrons. The molecular formula is C33H47N7O. The average molecular weight is 558 g/mol. The van der Waals surface area contributed by atoms with Gasteiger partial charge in [-0.1, -0.05) is 27.7 Å². The number of pyridine rings is 3. The molecule has 0 spiro atoms. The Hall–Kier alpha value is -3.07. The van der Waals surface area contributed by atoms with Crippen molar-refractivity contribution in [2.45, 2.75) is 58.4 Å². The SMILES string of the molecule is CC(C)c1cc(C2CN(c3cc(CCc4ncccc4OCCN4CCNCC4)cnc3C(C)C)CCN2)ccn1. The Morgan fingerprint density at radius 2 is 1.78 bits per heavy atom. The molecule has 2 saturated heterocycles. The molecule has 1 unspecified atom stereocenters. The fraction of sp³-hybridized carbons (Fsp3) is 0.545. The van der Waals surface area contributed by atoms with E-state index in [2.05, 4.69) is 88.6 Å². The number of hydrogen-bond acceptors (Lipinski definition) is 8. The number of rotatable bonds is 11. The Morgan fingerprint density at radius 1 is 0.927 bits per heavy atom. The van der Waals surface area contributed by atoms with Gasteiger partial charge in [-0.25, -0.2) is 0 Å². The molecule has 8 nitrogen and oxygen atoms in total.